The summed E-state index contributed by atoms with van der Waals surface area (Å²) in [5.74, 6) is -0.649. The number of benzene rings is 1. The molecule has 1 aromatic carbocycles. The molecule has 1 heterocycles. The van der Waals surface area contributed by atoms with Gasteiger partial charge in [0.1, 0.15) is 11.4 Å². The summed E-state index contributed by atoms with van der Waals surface area (Å²) in [6, 6.07) is 6.28. The van der Waals surface area contributed by atoms with Crippen LogP contribution in [0.3, 0.4) is 0 Å². The minimum absolute atomic E-state index is 0.0866. The third-order valence-corrected chi connectivity index (χ3v) is 4.77. The van der Waals surface area contributed by atoms with Crippen molar-refractivity contribution in [1.29, 1.82) is 0 Å². The van der Waals surface area contributed by atoms with E-state index in [0.717, 1.165) is 18.4 Å². The number of hydrogen-bond donors (Lipinski definition) is 1. The Kier molecular flexibility index (Phi) is 7.41. The van der Waals surface area contributed by atoms with Crippen LogP contribution in [0.5, 0.6) is 0 Å². The Bertz CT molecular complexity index is 688. The molecule has 0 aliphatic carbocycles. The molecule has 1 aliphatic rings. The maximum atomic E-state index is 13.6. The smallest absolute Gasteiger partial charge is 0.410 e. The third-order valence-electron chi connectivity index (χ3n) is 4.77. The molecule has 156 valence electrons. The summed E-state index contributed by atoms with van der Waals surface area (Å²) in [5, 5.41) is 2.98. The fourth-order valence-electron chi connectivity index (χ4n) is 3.34. The normalized spacial score (nSPS) is 18.7. The fourth-order valence-corrected chi connectivity index (χ4v) is 3.34. The topological polar surface area (TPSA) is 61.9 Å². The predicted octanol–water partition coefficient (Wildman–Crippen LogP) is 3.19. The van der Waals surface area contributed by atoms with E-state index in [1.165, 1.54) is 12.1 Å². The number of carbonyl (C=O) groups is 2. The van der Waals surface area contributed by atoms with Crippen molar-refractivity contribution in [2.75, 3.05) is 33.7 Å². The lowest BCUT2D eigenvalue weighted by Crippen LogP contribution is -2.47. The molecule has 0 radical (unpaired) electrons. The Morgan fingerprint density at radius 3 is 2.68 bits per heavy atom. The van der Waals surface area contributed by atoms with Gasteiger partial charge in [0.05, 0.1) is 12.0 Å². The van der Waals surface area contributed by atoms with E-state index in [0.29, 0.717) is 19.6 Å². The number of nitrogens with one attached hydrogen (secondary N) is 1. The van der Waals surface area contributed by atoms with Crippen molar-refractivity contribution < 1.29 is 18.7 Å². The third kappa shape index (κ3) is 6.48. The summed E-state index contributed by atoms with van der Waals surface area (Å²) in [6.07, 6.45) is 1.12. The van der Waals surface area contributed by atoms with Crippen molar-refractivity contribution >= 4 is 12.0 Å². The van der Waals surface area contributed by atoms with Gasteiger partial charge in [-0.1, -0.05) is 12.1 Å². The number of rotatable bonds is 5. The van der Waals surface area contributed by atoms with Crippen LogP contribution in [0.2, 0.25) is 0 Å². The second kappa shape index (κ2) is 9.37. The van der Waals surface area contributed by atoms with E-state index in [4.69, 9.17) is 4.74 Å². The van der Waals surface area contributed by atoms with E-state index in [-0.39, 0.29) is 29.8 Å². The first-order valence-corrected chi connectivity index (χ1v) is 9.74. The molecule has 1 fully saturated rings. The van der Waals surface area contributed by atoms with Crippen LogP contribution in [-0.2, 0) is 9.53 Å². The average Bonchev–Trinajstić information content (AvgIpc) is 2.60. The second-order valence-electron chi connectivity index (χ2n) is 8.55. The number of ether oxygens (including phenoxy) is 1. The number of amides is 2. The largest absolute Gasteiger partial charge is 0.444 e. The molecule has 0 aromatic heterocycles. The first-order valence-electron chi connectivity index (χ1n) is 9.74. The van der Waals surface area contributed by atoms with Crippen molar-refractivity contribution in [3.63, 3.8) is 0 Å². The SMILES string of the molecule is CN(C)[C@H](CNC(=O)[C@H]1CCCN(C(=O)OC(C)(C)C)C1)c1cccc(F)c1. The number of likely N-dealkylation sites (tertiary alicyclic amines) is 1. The number of nitrogens with zero attached hydrogens (tertiary/aromatic N) is 2. The second-order valence-corrected chi connectivity index (χ2v) is 8.55. The van der Waals surface area contributed by atoms with Gasteiger partial charge >= 0.3 is 6.09 Å². The van der Waals surface area contributed by atoms with Gasteiger partial charge in [-0.3, -0.25) is 4.79 Å². The molecule has 2 atom stereocenters. The molecular weight excluding hydrogens is 361 g/mol. The van der Waals surface area contributed by atoms with Gasteiger partial charge in [-0.05, 0) is 65.4 Å². The molecule has 1 aromatic rings. The summed E-state index contributed by atoms with van der Waals surface area (Å²) in [7, 11) is 3.79. The molecule has 7 heteroatoms. The Morgan fingerprint density at radius 1 is 1.36 bits per heavy atom. The van der Waals surface area contributed by atoms with E-state index in [2.05, 4.69) is 5.32 Å². The van der Waals surface area contributed by atoms with Crippen LogP contribution < -0.4 is 5.32 Å². The molecule has 1 N–H and O–H groups in total. The summed E-state index contributed by atoms with van der Waals surface area (Å²) >= 11 is 0. The molecule has 2 rings (SSSR count). The van der Waals surface area contributed by atoms with E-state index in [1.807, 2.05) is 45.8 Å². The van der Waals surface area contributed by atoms with E-state index >= 15 is 0 Å². The lowest BCUT2D eigenvalue weighted by molar-refractivity contribution is -0.126. The summed E-state index contributed by atoms with van der Waals surface area (Å²) < 4.78 is 19.0. The highest BCUT2D eigenvalue weighted by molar-refractivity contribution is 5.80. The summed E-state index contributed by atoms with van der Waals surface area (Å²) in [5.41, 5.74) is 0.250. The molecule has 0 unspecified atom stereocenters. The summed E-state index contributed by atoms with van der Waals surface area (Å²) in [6.45, 7) is 6.81. The molecule has 0 bridgehead atoms. The highest BCUT2D eigenvalue weighted by Gasteiger charge is 2.31. The first-order chi connectivity index (χ1) is 13.1. The van der Waals surface area contributed by atoms with Gasteiger partial charge in [0.15, 0.2) is 0 Å². The van der Waals surface area contributed by atoms with Gasteiger partial charge in [-0.25, -0.2) is 9.18 Å². The summed E-state index contributed by atoms with van der Waals surface area (Å²) in [4.78, 5) is 28.5. The molecular formula is C21H32FN3O3. The van der Waals surface area contributed by atoms with Gasteiger partial charge in [0.2, 0.25) is 5.91 Å². The Hall–Kier alpha value is -2.15. The first kappa shape index (κ1) is 22.1. The van der Waals surface area contributed by atoms with Crippen LogP contribution >= 0.6 is 0 Å². The number of carbonyl (C=O) groups excluding carboxylic acids is 2. The molecule has 2 amide bonds. The number of halogens is 1. The van der Waals surface area contributed by atoms with Crippen molar-refractivity contribution in [3.05, 3.63) is 35.6 Å². The van der Waals surface area contributed by atoms with Crippen LogP contribution in [0.4, 0.5) is 9.18 Å². The Labute approximate surface area is 167 Å². The van der Waals surface area contributed by atoms with Crippen LogP contribution in [-0.4, -0.2) is 61.1 Å². The number of piperidine rings is 1. The fraction of sp³-hybridized carbons (Fsp3) is 0.619. The Balaban J connectivity index is 1.94. The van der Waals surface area contributed by atoms with Crippen molar-refractivity contribution in [1.82, 2.24) is 15.1 Å². The monoisotopic (exact) mass is 393 g/mol. The predicted molar refractivity (Wildman–Crippen MR) is 106 cm³/mol. The average molecular weight is 394 g/mol. The van der Waals surface area contributed by atoms with E-state index < -0.39 is 5.60 Å². The standard InChI is InChI=1S/C21H32FN3O3/c1-21(2,3)28-20(27)25-11-7-9-16(14-25)19(26)23-13-18(24(4)5)15-8-6-10-17(22)12-15/h6,8,10,12,16,18H,7,9,11,13-14H2,1-5H3,(H,23,26)/t16-,18+/m0/s1. The van der Waals surface area contributed by atoms with Crippen molar-refractivity contribution in [2.45, 2.75) is 45.3 Å². The van der Waals surface area contributed by atoms with Gasteiger partial charge in [0, 0.05) is 19.6 Å². The number of hydrogen-bond acceptors (Lipinski definition) is 4. The highest BCUT2D eigenvalue weighted by atomic mass is 19.1. The molecule has 0 spiro atoms. The van der Waals surface area contributed by atoms with Crippen molar-refractivity contribution in [2.24, 2.45) is 5.92 Å². The molecule has 28 heavy (non-hydrogen) atoms. The van der Waals surface area contributed by atoms with Crippen LogP contribution in [0, 0.1) is 11.7 Å². The van der Waals surface area contributed by atoms with Gasteiger partial charge in [0.25, 0.3) is 0 Å². The lowest BCUT2D eigenvalue weighted by atomic mass is 9.97. The zero-order chi connectivity index (χ0) is 20.9. The van der Waals surface area contributed by atoms with Crippen LogP contribution in [0.15, 0.2) is 24.3 Å². The number of likely N-dealkylation sites (N-methyl/N-ethyl adjacent to an activating group) is 1. The van der Waals surface area contributed by atoms with Crippen LogP contribution in [0.1, 0.15) is 45.2 Å². The zero-order valence-electron chi connectivity index (χ0n) is 17.5. The Morgan fingerprint density at radius 2 is 2.07 bits per heavy atom. The van der Waals surface area contributed by atoms with E-state index in [1.54, 1.807) is 11.0 Å². The van der Waals surface area contributed by atoms with Crippen LogP contribution in [0.25, 0.3) is 0 Å². The van der Waals surface area contributed by atoms with Crippen molar-refractivity contribution in [3.8, 4) is 0 Å². The van der Waals surface area contributed by atoms with Gasteiger partial charge < -0.3 is 19.9 Å². The molecule has 1 aliphatic heterocycles. The minimum Gasteiger partial charge on any atom is -0.444 e. The molecule has 6 nitrogen and oxygen atoms in total. The quantitative estimate of drug-likeness (QED) is 0.835. The molecule has 0 saturated carbocycles. The highest BCUT2D eigenvalue weighted by Crippen LogP contribution is 2.21. The zero-order valence-corrected chi connectivity index (χ0v) is 17.5. The minimum atomic E-state index is -0.559. The maximum Gasteiger partial charge on any atom is 0.410 e. The van der Waals surface area contributed by atoms with Gasteiger partial charge in [-0.2, -0.15) is 0 Å². The van der Waals surface area contributed by atoms with E-state index in [9.17, 15) is 14.0 Å². The van der Waals surface area contributed by atoms with Gasteiger partial charge in [-0.15, -0.1) is 0 Å². The maximum absolute atomic E-state index is 13.6. The lowest BCUT2D eigenvalue weighted by Gasteiger charge is -2.34. The molecule has 1 saturated heterocycles.